The lowest BCUT2D eigenvalue weighted by molar-refractivity contribution is 0.450. The number of hydrogen-bond acceptors (Lipinski definition) is 5. The van der Waals surface area contributed by atoms with Crippen molar-refractivity contribution in [1.29, 1.82) is 0 Å². The lowest BCUT2D eigenvalue weighted by Crippen LogP contribution is -2.35. The molecule has 26 heavy (non-hydrogen) atoms. The van der Waals surface area contributed by atoms with Crippen molar-refractivity contribution in [2.75, 3.05) is 6.54 Å². The van der Waals surface area contributed by atoms with E-state index in [1.807, 2.05) is 48.5 Å². The van der Waals surface area contributed by atoms with Gasteiger partial charge in [-0.1, -0.05) is 54.6 Å². The number of rotatable bonds is 6. The third kappa shape index (κ3) is 5.03. The van der Waals surface area contributed by atoms with E-state index < -0.39 is 0 Å². The summed E-state index contributed by atoms with van der Waals surface area (Å²) in [5.41, 5.74) is 2.16. The second-order valence-electron chi connectivity index (χ2n) is 6.88. The summed E-state index contributed by atoms with van der Waals surface area (Å²) < 4.78 is 1.76. The first-order chi connectivity index (χ1) is 12.5. The molecule has 0 amide bonds. The topological polar surface area (TPSA) is 55.6 Å². The molecule has 0 bridgehead atoms. The van der Waals surface area contributed by atoms with Gasteiger partial charge in [0.1, 0.15) is 0 Å². The summed E-state index contributed by atoms with van der Waals surface area (Å²) in [6, 6.07) is 20.2. The van der Waals surface area contributed by atoms with Gasteiger partial charge < -0.3 is 5.32 Å². The summed E-state index contributed by atoms with van der Waals surface area (Å²) in [6.45, 7) is 7.25. The zero-order chi connectivity index (χ0) is 18.4. The van der Waals surface area contributed by atoms with Crippen LogP contribution in [0, 0.1) is 0 Å². The third-order valence-electron chi connectivity index (χ3n) is 3.62. The Balaban J connectivity index is 1.87. The van der Waals surface area contributed by atoms with Gasteiger partial charge in [-0.05, 0) is 60.7 Å². The molecule has 0 aliphatic rings. The molecule has 0 atom stereocenters. The summed E-state index contributed by atoms with van der Waals surface area (Å²) in [5, 5.41) is 16.5. The van der Waals surface area contributed by atoms with Crippen molar-refractivity contribution in [1.82, 2.24) is 25.5 Å². The molecule has 0 unspecified atom stereocenters. The van der Waals surface area contributed by atoms with Crippen molar-refractivity contribution >= 4 is 16.7 Å². The Morgan fingerprint density at radius 2 is 1.69 bits per heavy atom. The summed E-state index contributed by atoms with van der Waals surface area (Å²) in [5.74, 6) is 0. The quantitative estimate of drug-likeness (QED) is 0.664. The smallest absolute Gasteiger partial charge is 0.218 e. The highest BCUT2D eigenvalue weighted by Crippen LogP contribution is 2.33. The molecule has 6 heteroatoms. The molecule has 0 spiro atoms. The van der Waals surface area contributed by atoms with E-state index >= 15 is 0 Å². The van der Waals surface area contributed by atoms with Crippen LogP contribution in [-0.2, 0) is 0 Å². The number of nitrogens with one attached hydrogen (secondary N) is 1. The number of tetrazole rings is 1. The van der Waals surface area contributed by atoms with Gasteiger partial charge in [-0.2, -0.15) is 4.68 Å². The van der Waals surface area contributed by atoms with Gasteiger partial charge in [-0.25, -0.2) is 0 Å². The van der Waals surface area contributed by atoms with E-state index in [0.29, 0.717) is 0 Å². The van der Waals surface area contributed by atoms with E-state index in [0.717, 1.165) is 27.9 Å². The molecule has 5 nitrogen and oxygen atoms in total. The minimum Gasteiger partial charge on any atom is -0.309 e. The van der Waals surface area contributed by atoms with Crippen LogP contribution in [0.15, 0.2) is 71.9 Å². The SMILES string of the molecule is CC(C)(C)NC/C=C(/Sc1nnnn1-c1ccccc1)c1ccccc1. The van der Waals surface area contributed by atoms with Crippen molar-refractivity contribution in [3.8, 4) is 5.69 Å². The summed E-state index contributed by atoms with van der Waals surface area (Å²) >= 11 is 1.57. The predicted molar refractivity (Wildman–Crippen MR) is 107 cm³/mol. The number of para-hydroxylation sites is 1. The molecule has 0 radical (unpaired) electrons. The number of aromatic nitrogens is 4. The third-order valence-corrected chi connectivity index (χ3v) is 4.68. The van der Waals surface area contributed by atoms with Gasteiger partial charge in [0.05, 0.1) is 5.69 Å². The Bertz CT molecular complexity index is 851. The Morgan fingerprint density at radius 3 is 2.35 bits per heavy atom. The van der Waals surface area contributed by atoms with Crippen LogP contribution < -0.4 is 5.32 Å². The molecule has 134 valence electrons. The molecule has 0 saturated heterocycles. The first-order valence-electron chi connectivity index (χ1n) is 8.55. The molecule has 2 aromatic carbocycles. The summed E-state index contributed by atoms with van der Waals surface area (Å²) in [6.07, 6.45) is 2.19. The number of thioether (sulfide) groups is 1. The molecule has 3 rings (SSSR count). The van der Waals surface area contributed by atoms with Crippen molar-refractivity contribution in [2.45, 2.75) is 31.5 Å². The fourth-order valence-electron chi connectivity index (χ4n) is 2.34. The fourth-order valence-corrected chi connectivity index (χ4v) is 3.27. The normalized spacial score (nSPS) is 12.3. The van der Waals surface area contributed by atoms with Crippen molar-refractivity contribution in [3.05, 3.63) is 72.3 Å². The molecular weight excluding hydrogens is 342 g/mol. The molecule has 0 saturated carbocycles. The average Bonchev–Trinajstić information content (AvgIpc) is 3.09. The van der Waals surface area contributed by atoms with Crippen LogP contribution in [-0.4, -0.2) is 32.3 Å². The first-order valence-corrected chi connectivity index (χ1v) is 9.37. The Morgan fingerprint density at radius 1 is 1.04 bits per heavy atom. The second kappa shape index (κ2) is 8.29. The maximum Gasteiger partial charge on any atom is 0.218 e. The van der Waals surface area contributed by atoms with Gasteiger partial charge >= 0.3 is 0 Å². The van der Waals surface area contributed by atoms with E-state index in [2.05, 4.69) is 59.8 Å². The van der Waals surface area contributed by atoms with E-state index in [9.17, 15) is 0 Å². The van der Waals surface area contributed by atoms with E-state index in [-0.39, 0.29) is 5.54 Å². The van der Waals surface area contributed by atoms with Gasteiger partial charge in [0.25, 0.3) is 0 Å². The summed E-state index contributed by atoms with van der Waals surface area (Å²) in [7, 11) is 0. The van der Waals surface area contributed by atoms with Gasteiger partial charge in [-0.3, -0.25) is 0 Å². The lowest BCUT2D eigenvalue weighted by Gasteiger charge is -2.19. The monoisotopic (exact) mass is 365 g/mol. The highest BCUT2D eigenvalue weighted by atomic mass is 32.2. The maximum atomic E-state index is 4.22. The largest absolute Gasteiger partial charge is 0.309 e. The first kappa shape index (κ1) is 18.4. The van der Waals surface area contributed by atoms with Gasteiger partial charge in [0.2, 0.25) is 5.16 Å². The minimum absolute atomic E-state index is 0.0641. The lowest BCUT2D eigenvalue weighted by atomic mass is 10.1. The molecule has 1 aromatic heterocycles. The van der Waals surface area contributed by atoms with Crippen molar-refractivity contribution in [2.24, 2.45) is 0 Å². The van der Waals surface area contributed by atoms with E-state index in [4.69, 9.17) is 0 Å². The Kier molecular flexibility index (Phi) is 5.85. The summed E-state index contributed by atoms with van der Waals surface area (Å²) in [4.78, 5) is 1.12. The van der Waals surface area contributed by atoms with Crippen molar-refractivity contribution < 1.29 is 0 Å². The predicted octanol–water partition coefficient (Wildman–Crippen LogP) is 4.18. The number of hydrogen-bond donors (Lipinski definition) is 1. The van der Waals surface area contributed by atoms with Gasteiger partial charge in [-0.15, -0.1) is 5.10 Å². The Hall–Kier alpha value is -2.44. The van der Waals surface area contributed by atoms with Crippen LogP contribution in [0.1, 0.15) is 26.3 Å². The van der Waals surface area contributed by atoms with Crippen molar-refractivity contribution in [3.63, 3.8) is 0 Å². The van der Waals surface area contributed by atoms with E-state index in [1.54, 1.807) is 16.4 Å². The molecule has 3 aromatic rings. The number of nitrogens with zero attached hydrogens (tertiary/aromatic N) is 4. The Labute approximate surface area is 158 Å². The van der Waals surface area contributed by atoms with Gasteiger partial charge in [0.15, 0.2) is 0 Å². The van der Waals surface area contributed by atoms with Crippen LogP contribution in [0.2, 0.25) is 0 Å². The molecule has 1 N–H and O–H groups in total. The molecule has 0 aliphatic carbocycles. The van der Waals surface area contributed by atoms with Crippen LogP contribution in [0.4, 0.5) is 0 Å². The van der Waals surface area contributed by atoms with Crippen LogP contribution >= 0.6 is 11.8 Å². The average molecular weight is 366 g/mol. The van der Waals surface area contributed by atoms with Crippen LogP contribution in [0.5, 0.6) is 0 Å². The second-order valence-corrected chi connectivity index (χ2v) is 7.89. The molecule has 0 aliphatic heterocycles. The molecule has 1 heterocycles. The van der Waals surface area contributed by atoms with Crippen LogP contribution in [0.25, 0.3) is 10.6 Å². The zero-order valence-corrected chi connectivity index (χ0v) is 16.1. The van der Waals surface area contributed by atoms with Gasteiger partial charge in [0, 0.05) is 17.0 Å². The molecular formula is C20H23N5S. The fraction of sp³-hybridized carbons (Fsp3) is 0.250. The molecule has 0 fully saturated rings. The van der Waals surface area contributed by atoms with E-state index in [1.165, 1.54) is 0 Å². The van der Waals surface area contributed by atoms with Crippen LogP contribution in [0.3, 0.4) is 0 Å². The zero-order valence-electron chi connectivity index (χ0n) is 15.3. The standard InChI is InChI=1S/C20H23N5S/c1-20(2,3)21-15-14-18(16-10-6-4-7-11-16)26-19-22-23-24-25(19)17-12-8-5-9-13-17/h4-14,21H,15H2,1-3H3/b18-14+. The highest BCUT2D eigenvalue weighted by Gasteiger charge is 2.13. The minimum atomic E-state index is 0.0641. The maximum absolute atomic E-state index is 4.22. The number of benzene rings is 2. The highest BCUT2D eigenvalue weighted by molar-refractivity contribution is 8.08.